The third kappa shape index (κ3) is 2.68. The van der Waals surface area contributed by atoms with Gasteiger partial charge in [0.2, 0.25) is 10.0 Å². The van der Waals surface area contributed by atoms with E-state index in [0.717, 1.165) is 4.31 Å². The predicted octanol–water partition coefficient (Wildman–Crippen LogP) is 2.05. The van der Waals surface area contributed by atoms with Crippen LogP contribution in [0.3, 0.4) is 0 Å². The molecule has 0 bridgehead atoms. The van der Waals surface area contributed by atoms with E-state index in [4.69, 9.17) is 17.3 Å². The second kappa shape index (κ2) is 5.01. The van der Waals surface area contributed by atoms with Crippen molar-refractivity contribution in [3.8, 4) is 5.75 Å². The number of benzene rings is 1. The van der Waals surface area contributed by atoms with Gasteiger partial charge in [-0.2, -0.15) is 4.31 Å². The number of rotatable bonds is 2. The molecule has 5 nitrogen and oxygen atoms in total. The molecule has 20 heavy (non-hydrogen) atoms. The Morgan fingerprint density at radius 1 is 1.30 bits per heavy atom. The Kier molecular flexibility index (Phi) is 3.83. The lowest BCUT2D eigenvalue weighted by Gasteiger charge is -2.31. The minimum absolute atomic E-state index is 0.143. The van der Waals surface area contributed by atoms with Crippen molar-refractivity contribution in [2.24, 2.45) is 0 Å². The number of alkyl halides is 2. The second-order valence-electron chi connectivity index (χ2n) is 4.57. The Balaban J connectivity index is 2.40. The van der Waals surface area contributed by atoms with Gasteiger partial charge in [0.15, 0.2) is 5.75 Å². The average molecular weight is 327 g/mol. The molecule has 1 aliphatic rings. The molecule has 1 aromatic carbocycles. The summed E-state index contributed by atoms with van der Waals surface area (Å²) in [5, 5.41) is 9.58. The van der Waals surface area contributed by atoms with Crippen molar-refractivity contribution in [3.63, 3.8) is 0 Å². The molecule has 1 saturated heterocycles. The summed E-state index contributed by atoms with van der Waals surface area (Å²) < 4.78 is 51.8. The molecule has 1 heterocycles. The lowest BCUT2D eigenvalue weighted by Crippen LogP contribution is -2.42. The van der Waals surface area contributed by atoms with Crippen LogP contribution in [0, 0.1) is 0 Å². The molecule has 2 rings (SSSR count). The molecule has 0 spiro atoms. The number of piperidine rings is 1. The van der Waals surface area contributed by atoms with E-state index in [2.05, 4.69) is 0 Å². The van der Waals surface area contributed by atoms with E-state index in [1.54, 1.807) is 0 Å². The normalized spacial score (nSPS) is 19.9. The maximum atomic E-state index is 13.1. The van der Waals surface area contributed by atoms with Gasteiger partial charge in [0.05, 0.1) is 10.7 Å². The smallest absolute Gasteiger partial charge is 0.250 e. The number of sulfonamides is 1. The molecule has 1 fully saturated rings. The van der Waals surface area contributed by atoms with Gasteiger partial charge < -0.3 is 10.8 Å². The number of phenols is 1. The summed E-state index contributed by atoms with van der Waals surface area (Å²) in [6, 6.07) is 2.50. The standard InChI is InChI=1S/C11H13ClF2N2O3S/c12-7-1-2-8(15)9(17)10(7)20(18,19)16-5-3-11(13,14)4-6-16/h1-2,17H,3-6,15H2. The Hall–Kier alpha value is -1.12. The van der Waals surface area contributed by atoms with Crippen LogP contribution in [-0.4, -0.2) is 36.8 Å². The molecule has 0 amide bonds. The van der Waals surface area contributed by atoms with Crippen molar-refractivity contribution in [1.82, 2.24) is 4.31 Å². The van der Waals surface area contributed by atoms with Crippen molar-refractivity contribution >= 4 is 27.3 Å². The average Bonchev–Trinajstić information content (AvgIpc) is 2.33. The van der Waals surface area contributed by atoms with Crippen molar-refractivity contribution < 1.29 is 22.3 Å². The molecule has 0 aliphatic carbocycles. The van der Waals surface area contributed by atoms with Crippen LogP contribution in [0.25, 0.3) is 0 Å². The van der Waals surface area contributed by atoms with Crippen LogP contribution in [0.1, 0.15) is 12.8 Å². The highest BCUT2D eigenvalue weighted by Crippen LogP contribution is 2.39. The summed E-state index contributed by atoms with van der Waals surface area (Å²) in [6.07, 6.45) is -1.13. The first-order valence-electron chi connectivity index (χ1n) is 5.80. The number of aromatic hydroxyl groups is 1. The lowest BCUT2D eigenvalue weighted by molar-refractivity contribution is -0.0412. The first-order valence-corrected chi connectivity index (χ1v) is 7.62. The van der Waals surface area contributed by atoms with E-state index in [1.807, 2.05) is 0 Å². The van der Waals surface area contributed by atoms with Crippen LogP contribution in [0.15, 0.2) is 17.0 Å². The molecule has 1 aromatic rings. The number of hydrogen-bond donors (Lipinski definition) is 2. The summed E-state index contributed by atoms with van der Waals surface area (Å²) in [4.78, 5) is -0.538. The first kappa shape index (κ1) is 15.3. The fraction of sp³-hybridized carbons (Fsp3) is 0.455. The highest BCUT2D eigenvalue weighted by Gasteiger charge is 2.40. The Labute approximate surface area is 120 Å². The number of phenolic OH excluding ortho intramolecular Hbond substituents is 1. The van der Waals surface area contributed by atoms with Crippen molar-refractivity contribution in [2.75, 3.05) is 18.8 Å². The van der Waals surface area contributed by atoms with Gasteiger partial charge in [-0.25, -0.2) is 17.2 Å². The molecular weight excluding hydrogens is 314 g/mol. The number of anilines is 1. The largest absolute Gasteiger partial charge is 0.504 e. The molecule has 0 radical (unpaired) electrons. The fourth-order valence-corrected chi connectivity index (χ4v) is 4.03. The molecule has 1 aliphatic heterocycles. The minimum Gasteiger partial charge on any atom is -0.504 e. The maximum absolute atomic E-state index is 13.1. The van der Waals surface area contributed by atoms with Gasteiger partial charge in [-0.05, 0) is 12.1 Å². The first-order chi connectivity index (χ1) is 9.15. The zero-order valence-electron chi connectivity index (χ0n) is 10.3. The summed E-state index contributed by atoms with van der Waals surface area (Å²) in [5.41, 5.74) is 5.30. The SMILES string of the molecule is Nc1ccc(Cl)c(S(=O)(=O)N2CCC(F)(F)CC2)c1O. The zero-order valence-corrected chi connectivity index (χ0v) is 11.9. The molecule has 3 N–H and O–H groups in total. The van der Waals surface area contributed by atoms with E-state index >= 15 is 0 Å². The second-order valence-corrected chi connectivity index (χ2v) is 6.86. The molecule has 0 unspecified atom stereocenters. The molecule has 9 heteroatoms. The van der Waals surface area contributed by atoms with Crippen LogP contribution < -0.4 is 5.73 Å². The fourth-order valence-electron chi connectivity index (χ4n) is 1.99. The number of halogens is 3. The third-order valence-corrected chi connectivity index (χ3v) is 5.57. The molecule has 0 saturated carbocycles. The monoisotopic (exact) mass is 326 g/mol. The number of nitrogens with two attached hydrogens (primary N) is 1. The summed E-state index contributed by atoms with van der Waals surface area (Å²) in [5.74, 6) is -3.53. The maximum Gasteiger partial charge on any atom is 0.250 e. The van der Waals surface area contributed by atoms with E-state index in [9.17, 15) is 22.3 Å². The van der Waals surface area contributed by atoms with Gasteiger partial charge in [0.25, 0.3) is 5.92 Å². The van der Waals surface area contributed by atoms with Crippen molar-refractivity contribution in [2.45, 2.75) is 23.7 Å². The molecule has 0 aromatic heterocycles. The van der Waals surface area contributed by atoms with Crippen LogP contribution in [0.2, 0.25) is 5.02 Å². The van der Waals surface area contributed by atoms with E-state index < -0.39 is 39.4 Å². The zero-order chi connectivity index (χ0) is 15.1. The molecule has 112 valence electrons. The third-order valence-electron chi connectivity index (χ3n) is 3.17. The molecular formula is C11H13ClF2N2O3S. The number of hydrogen-bond acceptors (Lipinski definition) is 4. The van der Waals surface area contributed by atoms with Crippen molar-refractivity contribution in [1.29, 1.82) is 0 Å². The van der Waals surface area contributed by atoms with Crippen LogP contribution in [0.5, 0.6) is 5.75 Å². The van der Waals surface area contributed by atoms with E-state index in [-0.39, 0.29) is 23.8 Å². The minimum atomic E-state index is -4.16. The highest BCUT2D eigenvalue weighted by atomic mass is 35.5. The van der Waals surface area contributed by atoms with Gasteiger partial charge in [-0.3, -0.25) is 0 Å². The highest BCUT2D eigenvalue weighted by molar-refractivity contribution is 7.89. The van der Waals surface area contributed by atoms with Gasteiger partial charge in [-0.1, -0.05) is 11.6 Å². The number of nitrogens with zero attached hydrogens (tertiary/aromatic N) is 1. The summed E-state index contributed by atoms with van der Waals surface area (Å²) >= 11 is 5.79. The number of nitrogen functional groups attached to an aromatic ring is 1. The van der Waals surface area contributed by atoms with Crippen LogP contribution in [-0.2, 0) is 10.0 Å². The lowest BCUT2D eigenvalue weighted by atomic mass is 10.1. The van der Waals surface area contributed by atoms with Crippen LogP contribution in [0.4, 0.5) is 14.5 Å². The molecule has 0 atom stereocenters. The summed E-state index contributed by atoms with van der Waals surface area (Å²) in [7, 11) is -4.16. The Morgan fingerprint density at radius 3 is 2.40 bits per heavy atom. The van der Waals surface area contributed by atoms with Gasteiger partial charge in [0.1, 0.15) is 4.90 Å². The van der Waals surface area contributed by atoms with E-state index in [0.29, 0.717) is 0 Å². The van der Waals surface area contributed by atoms with Crippen LogP contribution >= 0.6 is 11.6 Å². The van der Waals surface area contributed by atoms with E-state index in [1.165, 1.54) is 12.1 Å². The van der Waals surface area contributed by atoms with Gasteiger partial charge in [0, 0.05) is 25.9 Å². The Bertz CT molecular complexity index is 627. The van der Waals surface area contributed by atoms with Crippen molar-refractivity contribution in [3.05, 3.63) is 17.2 Å². The summed E-state index contributed by atoms with van der Waals surface area (Å²) in [6.45, 7) is -0.667. The topological polar surface area (TPSA) is 83.6 Å². The Morgan fingerprint density at radius 2 is 1.85 bits per heavy atom. The predicted molar refractivity (Wildman–Crippen MR) is 70.5 cm³/mol. The van der Waals surface area contributed by atoms with Gasteiger partial charge >= 0.3 is 0 Å². The quantitative estimate of drug-likeness (QED) is 0.643. The van der Waals surface area contributed by atoms with Gasteiger partial charge in [-0.15, -0.1) is 0 Å².